The monoisotopic (exact) mass is 389 g/mol. The van der Waals surface area contributed by atoms with Gasteiger partial charge in [-0.15, -0.1) is 12.4 Å². The van der Waals surface area contributed by atoms with Crippen molar-refractivity contribution < 1.29 is 9.53 Å². The van der Waals surface area contributed by atoms with Crippen LogP contribution in [0.1, 0.15) is 31.4 Å². The molecule has 0 spiro atoms. The summed E-state index contributed by atoms with van der Waals surface area (Å²) in [6, 6.07) is 17.7. The summed E-state index contributed by atoms with van der Waals surface area (Å²) >= 11 is 0. The third kappa shape index (κ3) is 5.96. The summed E-state index contributed by atoms with van der Waals surface area (Å²) in [5, 5.41) is 6.38. The molecule has 0 aliphatic carbocycles. The van der Waals surface area contributed by atoms with Crippen LogP contribution in [0.2, 0.25) is 0 Å². The SMILES string of the molecule is CC(Nc1ccc(NC(=O)C(N)C2CCOCC2)cc1)c1ccccc1.Cl. The van der Waals surface area contributed by atoms with Crippen molar-refractivity contribution in [3.05, 3.63) is 60.2 Å². The van der Waals surface area contributed by atoms with Crippen molar-refractivity contribution in [2.24, 2.45) is 11.7 Å². The first-order valence-electron chi connectivity index (χ1n) is 9.19. The number of halogens is 1. The second-order valence-corrected chi connectivity index (χ2v) is 6.82. The lowest BCUT2D eigenvalue weighted by molar-refractivity contribution is -0.119. The van der Waals surface area contributed by atoms with Crippen LogP contribution in [0.4, 0.5) is 11.4 Å². The van der Waals surface area contributed by atoms with Gasteiger partial charge in [-0.25, -0.2) is 0 Å². The summed E-state index contributed by atoms with van der Waals surface area (Å²) in [6.45, 7) is 3.50. The van der Waals surface area contributed by atoms with Crippen molar-refractivity contribution in [3.63, 3.8) is 0 Å². The summed E-state index contributed by atoms with van der Waals surface area (Å²) in [5.74, 6) is 0.0617. The summed E-state index contributed by atoms with van der Waals surface area (Å²) in [5.41, 5.74) is 9.12. The van der Waals surface area contributed by atoms with E-state index in [4.69, 9.17) is 10.5 Å². The Labute approximate surface area is 167 Å². The maximum absolute atomic E-state index is 12.4. The van der Waals surface area contributed by atoms with E-state index in [-0.39, 0.29) is 30.3 Å². The molecule has 3 rings (SSSR count). The van der Waals surface area contributed by atoms with Gasteiger partial charge in [0.05, 0.1) is 6.04 Å². The summed E-state index contributed by atoms with van der Waals surface area (Å²) in [7, 11) is 0. The minimum atomic E-state index is -0.491. The van der Waals surface area contributed by atoms with Crippen LogP contribution < -0.4 is 16.4 Å². The normalized spacial score (nSPS) is 16.7. The smallest absolute Gasteiger partial charge is 0.241 e. The Kier molecular flexibility index (Phi) is 8.10. The number of nitrogens with one attached hydrogen (secondary N) is 2. The van der Waals surface area contributed by atoms with Crippen LogP contribution in [0.5, 0.6) is 0 Å². The molecule has 1 aliphatic rings. The second-order valence-electron chi connectivity index (χ2n) is 6.82. The predicted octanol–water partition coefficient (Wildman–Crippen LogP) is 3.97. The fourth-order valence-electron chi connectivity index (χ4n) is 3.24. The minimum absolute atomic E-state index is 0. The molecule has 0 aromatic heterocycles. The fourth-order valence-corrected chi connectivity index (χ4v) is 3.24. The lowest BCUT2D eigenvalue weighted by Crippen LogP contribution is -2.43. The molecule has 1 aliphatic heterocycles. The van der Waals surface area contributed by atoms with Gasteiger partial charge in [-0.2, -0.15) is 0 Å². The van der Waals surface area contributed by atoms with Gasteiger partial charge in [0.25, 0.3) is 0 Å². The highest BCUT2D eigenvalue weighted by Gasteiger charge is 2.26. The summed E-state index contributed by atoms with van der Waals surface area (Å²) in [6.07, 6.45) is 1.68. The topological polar surface area (TPSA) is 76.4 Å². The molecule has 0 bridgehead atoms. The number of carbonyl (C=O) groups is 1. The van der Waals surface area contributed by atoms with Gasteiger partial charge in [0.1, 0.15) is 0 Å². The molecule has 146 valence electrons. The van der Waals surface area contributed by atoms with Crippen molar-refractivity contribution in [1.82, 2.24) is 0 Å². The Morgan fingerprint density at radius 1 is 1.04 bits per heavy atom. The Bertz CT molecular complexity index is 703. The van der Waals surface area contributed by atoms with Gasteiger partial charge in [0.15, 0.2) is 0 Å². The van der Waals surface area contributed by atoms with E-state index in [2.05, 4.69) is 29.7 Å². The Morgan fingerprint density at radius 2 is 1.63 bits per heavy atom. The maximum atomic E-state index is 12.4. The van der Waals surface area contributed by atoms with Crippen LogP contribution in [-0.2, 0) is 9.53 Å². The number of benzene rings is 2. The standard InChI is InChI=1S/C21H27N3O2.ClH/c1-15(16-5-3-2-4-6-16)23-18-7-9-19(10-8-18)24-21(25)20(22)17-11-13-26-14-12-17;/h2-10,15,17,20,23H,11-14,22H2,1H3,(H,24,25);1H. The molecule has 6 heteroatoms. The lowest BCUT2D eigenvalue weighted by atomic mass is 9.92. The van der Waals surface area contributed by atoms with Crippen LogP contribution >= 0.6 is 12.4 Å². The zero-order valence-corrected chi connectivity index (χ0v) is 16.4. The molecule has 2 unspecified atom stereocenters. The van der Waals surface area contributed by atoms with Crippen LogP contribution in [0.15, 0.2) is 54.6 Å². The van der Waals surface area contributed by atoms with Crippen LogP contribution in [-0.4, -0.2) is 25.2 Å². The molecular formula is C21H28ClN3O2. The Balaban J connectivity index is 0.00000261. The predicted molar refractivity (Wildman–Crippen MR) is 112 cm³/mol. The second kappa shape index (κ2) is 10.3. The zero-order valence-electron chi connectivity index (χ0n) is 15.6. The molecule has 4 N–H and O–H groups in total. The van der Waals surface area contributed by atoms with Crippen molar-refractivity contribution in [3.8, 4) is 0 Å². The van der Waals surface area contributed by atoms with Crippen molar-refractivity contribution in [2.75, 3.05) is 23.8 Å². The van der Waals surface area contributed by atoms with Gasteiger partial charge in [0, 0.05) is 30.6 Å². The fraction of sp³-hybridized carbons (Fsp3) is 0.381. The molecular weight excluding hydrogens is 362 g/mol. The number of rotatable bonds is 6. The van der Waals surface area contributed by atoms with E-state index in [1.54, 1.807) is 0 Å². The van der Waals surface area contributed by atoms with Gasteiger partial charge in [0.2, 0.25) is 5.91 Å². The largest absolute Gasteiger partial charge is 0.381 e. The van der Waals surface area contributed by atoms with Crippen LogP contribution in [0.3, 0.4) is 0 Å². The van der Waals surface area contributed by atoms with E-state index >= 15 is 0 Å². The van der Waals surface area contributed by atoms with E-state index in [9.17, 15) is 4.79 Å². The molecule has 2 aromatic carbocycles. The summed E-state index contributed by atoms with van der Waals surface area (Å²) in [4.78, 5) is 12.4. The average Bonchev–Trinajstić information content (AvgIpc) is 2.70. The van der Waals surface area contributed by atoms with Gasteiger partial charge in [-0.05, 0) is 55.5 Å². The zero-order chi connectivity index (χ0) is 18.4. The van der Waals surface area contributed by atoms with E-state index < -0.39 is 6.04 Å². The number of hydrogen-bond donors (Lipinski definition) is 3. The van der Waals surface area contributed by atoms with Crippen LogP contribution in [0, 0.1) is 5.92 Å². The molecule has 2 aromatic rings. The number of nitrogens with two attached hydrogens (primary N) is 1. The first-order chi connectivity index (χ1) is 12.6. The minimum Gasteiger partial charge on any atom is -0.381 e. The molecule has 2 atom stereocenters. The Hall–Kier alpha value is -2.08. The maximum Gasteiger partial charge on any atom is 0.241 e. The molecule has 0 radical (unpaired) electrons. The van der Waals surface area contributed by atoms with Gasteiger partial charge >= 0.3 is 0 Å². The van der Waals surface area contributed by atoms with Gasteiger partial charge in [-0.1, -0.05) is 30.3 Å². The summed E-state index contributed by atoms with van der Waals surface area (Å²) < 4.78 is 5.33. The van der Waals surface area contributed by atoms with Crippen LogP contribution in [0.25, 0.3) is 0 Å². The number of ether oxygens (including phenoxy) is 1. The van der Waals surface area contributed by atoms with E-state index in [0.29, 0.717) is 13.2 Å². The molecule has 5 nitrogen and oxygen atoms in total. The average molecular weight is 390 g/mol. The van der Waals surface area contributed by atoms with E-state index in [1.807, 2.05) is 42.5 Å². The van der Waals surface area contributed by atoms with Gasteiger partial charge in [-0.3, -0.25) is 4.79 Å². The highest BCUT2D eigenvalue weighted by Crippen LogP contribution is 2.22. The molecule has 1 fully saturated rings. The lowest BCUT2D eigenvalue weighted by Gasteiger charge is -2.26. The molecule has 0 saturated carbocycles. The number of anilines is 2. The third-order valence-corrected chi connectivity index (χ3v) is 4.91. The molecule has 1 amide bonds. The quantitative estimate of drug-likeness (QED) is 0.698. The first-order valence-corrected chi connectivity index (χ1v) is 9.19. The highest BCUT2D eigenvalue weighted by molar-refractivity contribution is 5.95. The highest BCUT2D eigenvalue weighted by atomic mass is 35.5. The van der Waals surface area contributed by atoms with E-state index in [0.717, 1.165) is 24.2 Å². The molecule has 1 heterocycles. The first kappa shape index (κ1) is 21.2. The number of amides is 1. The molecule has 27 heavy (non-hydrogen) atoms. The Morgan fingerprint density at radius 3 is 2.26 bits per heavy atom. The van der Waals surface area contributed by atoms with Crippen molar-refractivity contribution in [2.45, 2.75) is 31.8 Å². The third-order valence-electron chi connectivity index (χ3n) is 4.91. The van der Waals surface area contributed by atoms with Crippen molar-refractivity contribution in [1.29, 1.82) is 0 Å². The van der Waals surface area contributed by atoms with Crippen molar-refractivity contribution >= 4 is 29.7 Å². The number of carbonyl (C=O) groups excluding carboxylic acids is 1. The molecule has 1 saturated heterocycles. The van der Waals surface area contributed by atoms with Gasteiger partial charge < -0.3 is 21.1 Å². The van der Waals surface area contributed by atoms with E-state index in [1.165, 1.54) is 5.56 Å². The number of hydrogen-bond acceptors (Lipinski definition) is 4.